The summed E-state index contributed by atoms with van der Waals surface area (Å²) in [5.41, 5.74) is 5.82. The molecule has 5 atom stereocenters. The molecular weight excluding hydrogens is 448 g/mol. The van der Waals surface area contributed by atoms with Gasteiger partial charge in [-0.15, -0.1) is 0 Å². The molecule has 8 N–H and O–H groups in total. The maximum Gasteiger partial charge on any atom is 0.327 e. The molecule has 0 aromatic carbocycles. The summed E-state index contributed by atoms with van der Waals surface area (Å²) in [4.78, 5) is 70.5. The molecule has 0 aliphatic carbocycles. The first-order valence-electron chi connectivity index (χ1n) is 9.77. The van der Waals surface area contributed by atoms with Crippen LogP contribution in [0.1, 0.15) is 39.5 Å². The monoisotopic (exact) mass is 478 g/mol. The Hall–Kier alpha value is -2.87. The first-order chi connectivity index (χ1) is 14.8. The van der Waals surface area contributed by atoms with Gasteiger partial charge in [0.1, 0.15) is 18.1 Å². The number of aliphatic carboxylic acids is 3. The Morgan fingerprint density at radius 1 is 0.844 bits per heavy atom. The zero-order chi connectivity index (χ0) is 25.0. The molecule has 0 aromatic heterocycles. The lowest BCUT2D eigenvalue weighted by atomic mass is 9.98. The SMILES string of the molecule is CCC(C)C(N)C(=O)NC(CCC(=O)O)C(=O)NC(CC(=O)O)C(=O)NC(CS)C(=O)O. The zero-order valence-corrected chi connectivity index (χ0v) is 18.6. The normalized spacial score (nSPS) is 15.4. The van der Waals surface area contributed by atoms with E-state index in [0.29, 0.717) is 6.42 Å². The van der Waals surface area contributed by atoms with Gasteiger partial charge in [0.2, 0.25) is 17.7 Å². The van der Waals surface area contributed by atoms with E-state index in [0.717, 1.165) is 0 Å². The fraction of sp³-hybridized carbons (Fsp3) is 0.667. The molecule has 14 heteroatoms. The van der Waals surface area contributed by atoms with Crippen LogP contribution in [0.3, 0.4) is 0 Å². The smallest absolute Gasteiger partial charge is 0.327 e. The van der Waals surface area contributed by atoms with Crippen molar-refractivity contribution in [2.75, 3.05) is 5.75 Å². The van der Waals surface area contributed by atoms with Crippen LogP contribution in [0.4, 0.5) is 0 Å². The van der Waals surface area contributed by atoms with E-state index >= 15 is 0 Å². The molecule has 0 saturated carbocycles. The third kappa shape index (κ3) is 10.4. The molecule has 0 spiro atoms. The summed E-state index contributed by atoms with van der Waals surface area (Å²) in [6.07, 6.45) is -1.18. The number of thiol groups is 1. The van der Waals surface area contributed by atoms with Crippen LogP contribution in [-0.2, 0) is 28.8 Å². The third-order valence-electron chi connectivity index (χ3n) is 4.65. The number of hydrogen-bond acceptors (Lipinski definition) is 8. The lowest BCUT2D eigenvalue weighted by molar-refractivity contribution is -0.143. The highest BCUT2D eigenvalue weighted by atomic mass is 32.1. The minimum Gasteiger partial charge on any atom is -0.481 e. The number of hydrogen-bond donors (Lipinski definition) is 8. The van der Waals surface area contributed by atoms with Crippen molar-refractivity contribution in [1.82, 2.24) is 16.0 Å². The summed E-state index contributed by atoms with van der Waals surface area (Å²) >= 11 is 3.78. The van der Waals surface area contributed by atoms with Crippen LogP contribution in [0.15, 0.2) is 0 Å². The molecule has 0 heterocycles. The summed E-state index contributed by atoms with van der Waals surface area (Å²) in [5, 5.41) is 33.5. The van der Waals surface area contributed by atoms with E-state index < -0.39 is 72.6 Å². The van der Waals surface area contributed by atoms with Gasteiger partial charge in [-0.2, -0.15) is 12.6 Å². The summed E-state index contributed by atoms with van der Waals surface area (Å²) in [6.45, 7) is 3.51. The van der Waals surface area contributed by atoms with Gasteiger partial charge >= 0.3 is 17.9 Å². The van der Waals surface area contributed by atoms with E-state index in [1.165, 1.54) is 0 Å². The molecule has 13 nitrogen and oxygen atoms in total. The maximum absolute atomic E-state index is 12.7. The topological polar surface area (TPSA) is 225 Å². The van der Waals surface area contributed by atoms with Crippen molar-refractivity contribution < 1.29 is 44.1 Å². The molecule has 0 radical (unpaired) electrons. The quantitative estimate of drug-likeness (QED) is 0.123. The zero-order valence-electron chi connectivity index (χ0n) is 17.7. The molecule has 32 heavy (non-hydrogen) atoms. The van der Waals surface area contributed by atoms with Crippen molar-refractivity contribution >= 4 is 48.3 Å². The van der Waals surface area contributed by atoms with E-state index in [1.54, 1.807) is 13.8 Å². The average molecular weight is 479 g/mol. The molecule has 0 rings (SSSR count). The molecule has 0 saturated heterocycles. The van der Waals surface area contributed by atoms with Gasteiger partial charge in [0, 0.05) is 12.2 Å². The number of nitrogens with two attached hydrogens (primary N) is 1. The molecule has 0 aliphatic rings. The first kappa shape index (κ1) is 29.1. The van der Waals surface area contributed by atoms with Crippen molar-refractivity contribution in [3.8, 4) is 0 Å². The Bertz CT molecular complexity index is 719. The van der Waals surface area contributed by atoms with Gasteiger partial charge in [0.15, 0.2) is 0 Å². The van der Waals surface area contributed by atoms with Crippen molar-refractivity contribution in [3.63, 3.8) is 0 Å². The van der Waals surface area contributed by atoms with Crippen LogP contribution in [0.2, 0.25) is 0 Å². The fourth-order valence-corrected chi connectivity index (χ4v) is 2.68. The lowest BCUT2D eigenvalue weighted by Crippen LogP contribution is -2.58. The molecule has 182 valence electrons. The number of carboxylic acids is 3. The number of amides is 3. The Morgan fingerprint density at radius 2 is 1.34 bits per heavy atom. The summed E-state index contributed by atoms with van der Waals surface area (Å²) in [6, 6.07) is -5.52. The van der Waals surface area contributed by atoms with Gasteiger partial charge in [-0.05, 0) is 12.3 Å². The largest absolute Gasteiger partial charge is 0.481 e. The standard InChI is InChI=1S/C18H30N4O9S/c1-3-8(2)14(19)17(29)20-9(4-5-12(23)24)15(27)21-10(6-13(25)26)16(28)22-11(7-32)18(30)31/h8-11,14,32H,3-7,19H2,1-2H3,(H,20,29)(H,21,27)(H,22,28)(H,23,24)(H,25,26)(H,30,31). The predicted octanol–water partition coefficient (Wildman–Crippen LogP) is -1.83. The fourth-order valence-electron chi connectivity index (χ4n) is 2.43. The number of carbonyl (C=O) groups is 6. The molecular formula is C18H30N4O9S. The van der Waals surface area contributed by atoms with E-state index in [4.69, 9.17) is 21.1 Å². The van der Waals surface area contributed by atoms with Crippen molar-refractivity contribution in [3.05, 3.63) is 0 Å². The summed E-state index contributed by atoms with van der Waals surface area (Å²) in [7, 11) is 0. The second-order valence-electron chi connectivity index (χ2n) is 7.15. The molecule has 0 bridgehead atoms. The highest BCUT2D eigenvalue weighted by Crippen LogP contribution is 2.07. The first-order valence-corrected chi connectivity index (χ1v) is 10.4. The van der Waals surface area contributed by atoms with Crippen molar-refractivity contribution in [1.29, 1.82) is 0 Å². The Kier molecular flexibility index (Phi) is 13.0. The van der Waals surface area contributed by atoms with Gasteiger partial charge in [-0.3, -0.25) is 24.0 Å². The average Bonchev–Trinajstić information content (AvgIpc) is 2.71. The molecule has 0 aromatic rings. The van der Waals surface area contributed by atoms with Crippen LogP contribution in [-0.4, -0.2) is 80.9 Å². The number of carboxylic acid groups (broad SMARTS) is 3. The Balaban J connectivity index is 5.54. The van der Waals surface area contributed by atoms with Gasteiger partial charge in [0.05, 0.1) is 12.5 Å². The summed E-state index contributed by atoms with van der Waals surface area (Å²) < 4.78 is 0. The van der Waals surface area contributed by atoms with Gasteiger partial charge < -0.3 is 37.0 Å². The van der Waals surface area contributed by atoms with Crippen molar-refractivity contribution in [2.45, 2.75) is 63.7 Å². The molecule has 0 fully saturated rings. The van der Waals surface area contributed by atoms with Crippen LogP contribution in [0.5, 0.6) is 0 Å². The molecule has 5 unspecified atom stereocenters. The van der Waals surface area contributed by atoms with Crippen LogP contribution >= 0.6 is 12.6 Å². The molecule has 0 aliphatic heterocycles. The number of nitrogens with one attached hydrogen (secondary N) is 3. The Labute approximate surface area is 189 Å². The minimum absolute atomic E-state index is 0.238. The number of rotatable bonds is 15. The van der Waals surface area contributed by atoms with Gasteiger partial charge in [-0.25, -0.2) is 4.79 Å². The lowest BCUT2D eigenvalue weighted by Gasteiger charge is -2.25. The highest BCUT2D eigenvalue weighted by molar-refractivity contribution is 7.80. The molecule has 3 amide bonds. The second-order valence-corrected chi connectivity index (χ2v) is 7.51. The van der Waals surface area contributed by atoms with E-state index in [-0.39, 0.29) is 18.1 Å². The minimum atomic E-state index is -1.69. The van der Waals surface area contributed by atoms with Gasteiger partial charge in [-0.1, -0.05) is 20.3 Å². The third-order valence-corrected chi connectivity index (χ3v) is 5.01. The van der Waals surface area contributed by atoms with E-state index in [2.05, 4.69) is 28.6 Å². The summed E-state index contributed by atoms with van der Waals surface area (Å²) in [5.74, 6) is -7.49. The Morgan fingerprint density at radius 3 is 1.78 bits per heavy atom. The van der Waals surface area contributed by atoms with Crippen LogP contribution in [0, 0.1) is 5.92 Å². The maximum atomic E-state index is 12.7. The highest BCUT2D eigenvalue weighted by Gasteiger charge is 2.32. The van der Waals surface area contributed by atoms with E-state index in [1.807, 2.05) is 0 Å². The van der Waals surface area contributed by atoms with Gasteiger partial charge in [0.25, 0.3) is 0 Å². The van der Waals surface area contributed by atoms with Crippen molar-refractivity contribution in [2.24, 2.45) is 11.7 Å². The van der Waals surface area contributed by atoms with Crippen LogP contribution in [0.25, 0.3) is 0 Å². The second kappa shape index (κ2) is 14.2. The number of carbonyl (C=O) groups excluding carboxylic acids is 3. The van der Waals surface area contributed by atoms with E-state index in [9.17, 15) is 28.8 Å². The van der Waals surface area contributed by atoms with Crippen LogP contribution < -0.4 is 21.7 Å². The predicted molar refractivity (Wildman–Crippen MR) is 114 cm³/mol.